The highest BCUT2D eigenvalue weighted by molar-refractivity contribution is 14.0. The van der Waals surface area contributed by atoms with Gasteiger partial charge in [-0.3, -0.25) is 4.79 Å². The van der Waals surface area contributed by atoms with Crippen molar-refractivity contribution in [3.63, 3.8) is 0 Å². The molecule has 0 atom stereocenters. The van der Waals surface area contributed by atoms with Crippen molar-refractivity contribution in [2.45, 2.75) is 32.7 Å². The van der Waals surface area contributed by atoms with E-state index in [0.29, 0.717) is 30.5 Å². The van der Waals surface area contributed by atoms with Crippen molar-refractivity contribution in [1.82, 2.24) is 20.5 Å². The Balaban J connectivity index is 0.00000363. The molecule has 9 heteroatoms. The molecule has 1 amide bonds. The molecule has 0 saturated carbocycles. The van der Waals surface area contributed by atoms with E-state index in [1.807, 2.05) is 6.07 Å². The van der Waals surface area contributed by atoms with E-state index in [9.17, 15) is 9.18 Å². The van der Waals surface area contributed by atoms with Gasteiger partial charge in [0.1, 0.15) is 11.6 Å². The minimum Gasteiger partial charge on any atom is -0.439 e. The Bertz CT molecular complexity index is 869. The van der Waals surface area contributed by atoms with Gasteiger partial charge >= 0.3 is 0 Å². The summed E-state index contributed by atoms with van der Waals surface area (Å²) in [5.41, 5.74) is 0.969. The molecule has 1 fully saturated rings. The number of guanidine groups is 1. The predicted molar refractivity (Wildman–Crippen MR) is 134 cm³/mol. The third-order valence-corrected chi connectivity index (χ3v) is 5.25. The second kappa shape index (κ2) is 13.2. The molecular weight excluding hydrogens is 524 g/mol. The van der Waals surface area contributed by atoms with Crippen LogP contribution in [0.25, 0.3) is 0 Å². The molecule has 32 heavy (non-hydrogen) atoms. The molecule has 2 heterocycles. The SMILES string of the molecule is CCNC(=NCc1ccc(Oc2ccc(F)cc2)nc1)N1CCC(CC(=O)NC)CC1.I. The largest absolute Gasteiger partial charge is 0.439 e. The molecule has 0 aliphatic carbocycles. The van der Waals surface area contributed by atoms with Crippen molar-refractivity contribution in [3.05, 3.63) is 54.0 Å². The van der Waals surface area contributed by atoms with Crippen LogP contribution in [0.4, 0.5) is 4.39 Å². The number of likely N-dealkylation sites (tertiary alicyclic amines) is 1. The second-order valence-corrected chi connectivity index (χ2v) is 7.54. The van der Waals surface area contributed by atoms with Gasteiger partial charge in [0.05, 0.1) is 6.54 Å². The summed E-state index contributed by atoms with van der Waals surface area (Å²) in [6, 6.07) is 9.54. The first-order chi connectivity index (χ1) is 15.1. The van der Waals surface area contributed by atoms with Gasteiger partial charge in [0.2, 0.25) is 11.8 Å². The molecule has 2 aromatic rings. The Morgan fingerprint density at radius 3 is 2.53 bits per heavy atom. The van der Waals surface area contributed by atoms with Crippen LogP contribution in [0.15, 0.2) is 47.6 Å². The van der Waals surface area contributed by atoms with Crippen molar-refractivity contribution in [3.8, 4) is 11.6 Å². The molecule has 2 N–H and O–H groups in total. The molecule has 3 rings (SSSR count). The van der Waals surface area contributed by atoms with Gasteiger partial charge in [-0.2, -0.15) is 0 Å². The van der Waals surface area contributed by atoms with Crippen LogP contribution in [0.1, 0.15) is 31.7 Å². The number of aliphatic imine (C=N–C) groups is 1. The lowest BCUT2D eigenvalue weighted by Gasteiger charge is -2.34. The number of rotatable bonds is 7. The summed E-state index contributed by atoms with van der Waals surface area (Å²) in [6.07, 6.45) is 4.29. The molecule has 1 aromatic heterocycles. The molecule has 1 aliphatic heterocycles. The van der Waals surface area contributed by atoms with Crippen LogP contribution in [0.2, 0.25) is 0 Å². The topological polar surface area (TPSA) is 78.9 Å². The van der Waals surface area contributed by atoms with Crippen LogP contribution in [0.5, 0.6) is 11.6 Å². The average Bonchev–Trinajstić information content (AvgIpc) is 2.79. The lowest BCUT2D eigenvalue weighted by Crippen LogP contribution is -2.46. The van der Waals surface area contributed by atoms with Crippen LogP contribution >= 0.6 is 24.0 Å². The Morgan fingerprint density at radius 1 is 1.22 bits per heavy atom. The highest BCUT2D eigenvalue weighted by atomic mass is 127. The zero-order valence-corrected chi connectivity index (χ0v) is 20.8. The standard InChI is InChI=1S/C23H30FN5O2.HI/c1-3-26-23(29-12-10-17(11-13-29)14-21(30)25-2)28-16-18-4-9-22(27-15-18)31-20-7-5-19(24)6-8-20;/h4-9,15,17H,3,10-14,16H2,1-2H3,(H,25,30)(H,26,28);1H. The number of nitrogens with one attached hydrogen (secondary N) is 2. The van der Waals surface area contributed by atoms with Gasteiger partial charge in [-0.05, 0) is 55.5 Å². The molecule has 1 aromatic carbocycles. The van der Waals surface area contributed by atoms with E-state index in [0.717, 1.165) is 44.0 Å². The number of halogens is 2. The first kappa shape index (κ1) is 25.8. The molecule has 1 aliphatic rings. The number of nitrogens with zero attached hydrogens (tertiary/aromatic N) is 3. The Labute approximate surface area is 205 Å². The van der Waals surface area contributed by atoms with Gasteiger partial charge in [0.25, 0.3) is 0 Å². The third kappa shape index (κ3) is 7.92. The molecule has 0 spiro atoms. The number of amides is 1. The first-order valence-corrected chi connectivity index (χ1v) is 10.7. The maximum absolute atomic E-state index is 13.0. The number of aromatic nitrogens is 1. The van der Waals surface area contributed by atoms with E-state index in [2.05, 4.69) is 27.4 Å². The van der Waals surface area contributed by atoms with Crippen LogP contribution in [0, 0.1) is 11.7 Å². The van der Waals surface area contributed by atoms with Crippen LogP contribution in [-0.2, 0) is 11.3 Å². The number of piperidine rings is 1. The molecule has 1 saturated heterocycles. The lowest BCUT2D eigenvalue weighted by molar-refractivity contribution is -0.121. The number of carbonyl (C=O) groups excluding carboxylic acids is 1. The monoisotopic (exact) mass is 555 g/mol. The number of carbonyl (C=O) groups is 1. The number of hydrogen-bond acceptors (Lipinski definition) is 4. The van der Waals surface area contributed by atoms with Crippen LogP contribution < -0.4 is 15.4 Å². The van der Waals surface area contributed by atoms with Gasteiger partial charge in [0, 0.05) is 45.4 Å². The van der Waals surface area contributed by atoms with E-state index in [1.165, 1.54) is 12.1 Å². The quantitative estimate of drug-likeness (QED) is 0.308. The molecule has 0 radical (unpaired) electrons. The molecule has 174 valence electrons. The molecule has 0 unspecified atom stereocenters. The Kier molecular flexibility index (Phi) is 10.6. The molecule has 0 bridgehead atoms. The fourth-order valence-corrected chi connectivity index (χ4v) is 3.49. The number of benzene rings is 1. The summed E-state index contributed by atoms with van der Waals surface area (Å²) >= 11 is 0. The van der Waals surface area contributed by atoms with Gasteiger partial charge in [-0.1, -0.05) is 6.07 Å². The summed E-state index contributed by atoms with van der Waals surface area (Å²) in [7, 11) is 1.68. The lowest BCUT2D eigenvalue weighted by atomic mass is 9.93. The minimum absolute atomic E-state index is 0. The van der Waals surface area contributed by atoms with Gasteiger partial charge < -0.3 is 20.3 Å². The van der Waals surface area contributed by atoms with Crippen LogP contribution in [-0.4, -0.2) is 48.4 Å². The maximum atomic E-state index is 13.0. The Hall–Kier alpha value is -2.43. The number of ether oxygens (including phenoxy) is 1. The highest BCUT2D eigenvalue weighted by Gasteiger charge is 2.23. The summed E-state index contributed by atoms with van der Waals surface area (Å²) in [6.45, 7) is 5.12. The van der Waals surface area contributed by atoms with E-state index in [-0.39, 0.29) is 35.7 Å². The summed E-state index contributed by atoms with van der Waals surface area (Å²) in [5.74, 6) is 2.10. The zero-order chi connectivity index (χ0) is 22.1. The maximum Gasteiger partial charge on any atom is 0.220 e. The fourth-order valence-electron chi connectivity index (χ4n) is 3.49. The highest BCUT2D eigenvalue weighted by Crippen LogP contribution is 2.21. The van der Waals surface area contributed by atoms with E-state index < -0.39 is 0 Å². The van der Waals surface area contributed by atoms with Crippen molar-refractivity contribution in [2.75, 3.05) is 26.7 Å². The summed E-state index contributed by atoms with van der Waals surface area (Å²) in [5, 5.41) is 6.06. The molecular formula is C23H31FIN5O2. The van der Waals surface area contributed by atoms with Gasteiger partial charge in [-0.15, -0.1) is 24.0 Å². The van der Waals surface area contributed by atoms with Crippen molar-refractivity contribution in [2.24, 2.45) is 10.9 Å². The van der Waals surface area contributed by atoms with Crippen molar-refractivity contribution in [1.29, 1.82) is 0 Å². The van der Waals surface area contributed by atoms with Gasteiger partial charge in [0.15, 0.2) is 5.96 Å². The number of pyridine rings is 1. The smallest absolute Gasteiger partial charge is 0.220 e. The van der Waals surface area contributed by atoms with Crippen molar-refractivity contribution >= 4 is 35.8 Å². The fraction of sp³-hybridized carbons (Fsp3) is 0.435. The average molecular weight is 555 g/mol. The summed E-state index contributed by atoms with van der Waals surface area (Å²) in [4.78, 5) is 22.9. The third-order valence-electron chi connectivity index (χ3n) is 5.25. The van der Waals surface area contributed by atoms with E-state index in [1.54, 1.807) is 31.4 Å². The number of hydrogen-bond donors (Lipinski definition) is 2. The van der Waals surface area contributed by atoms with E-state index in [4.69, 9.17) is 9.73 Å². The predicted octanol–water partition coefficient (Wildman–Crippen LogP) is 3.94. The van der Waals surface area contributed by atoms with Crippen molar-refractivity contribution < 1.29 is 13.9 Å². The normalized spacial score (nSPS) is 14.5. The van der Waals surface area contributed by atoms with Gasteiger partial charge in [-0.25, -0.2) is 14.4 Å². The first-order valence-electron chi connectivity index (χ1n) is 10.7. The minimum atomic E-state index is -0.305. The summed E-state index contributed by atoms with van der Waals surface area (Å²) < 4.78 is 18.6. The van der Waals surface area contributed by atoms with Crippen LogP contribution in [0.3, 0.4) is 0 Å². The molecule has 7 nitrogen and oxygen atoms in total. The zero-order valence-electron chi connectivity index (χ0n) is 18.5. The van der Waals surface area contributed by atoms with E-state index >= 15 is 0 Å². The Morgan fingerprint density at radius 2 is 1.94 bits per heavy atom. The second-order valence-electron chi connectivity index (χ2n) is 7.54.